The topological polar surface area (TPSA) is 56.5 Å². The van der Waals surface area contributed by atoms with Gasteiger partial charge in [0.15, 0.2) is 0 Å². The van der Waals surface area contributed by atoms with Crippen LogP contribution in [0.3, 0.4) is 0 Å². The molecule has 0 aliphatic heterocycles. The van der Waals surface area contributed by atoms with Gasteiger partial charge >= 0.3 is 0 Å². The molecule has 3 rings (SSSR count). The number of ether oxygens (including phenoxy) is 2. The number of nitrogens with zero attached hydrogens (tertiary/aromatic N) is 2. The molecule has 0 amide bonds. The fourth-order valence-corrected chi connectivity index (χ4v) is 2.56. The predicted molar refractivity (Wildman–Crippen MR) is 88.4 cm³/mol. The number of fused-ring (bicyclic) bond motifs is 1. The molecule has 0 radical (unpaired) electrons. The maximum Gasteiger partial charge on any atom is 0.124 e. The van der Waals surface area contributed by atoms with Gasteiger partial charge < -0.3 is 19.1 Å². The van der Waals surface area contributed by atoms with E-state index in [0.29, 0.717) is 13.2 Å². The number of aromatic nitrogens is 2. The highest BCUT2D eigenvalue weighted by atomic mass is 16.5. The molecule has 0 saturated heterocycles. The zero-order valence-electron chi connectivity index (χ0n) is 13.1. The number of aliphatic hydroxyl groups is 1. The Morgan fingerprint density at radius 2 is 1.91 bits per heavy atom. The maximum atomic E-state index is 10.2. The summed E-state index contributed by atoms with van der Waals surface area (Å²) >= 11 is 0. The first kappa shape index (κ1) is 15.5. The van der Waals surface area contributed by atoms with Gasteiger partial charge in [0.1, 0.15) is 5.75 Å². The third-order valence-corrected chi connectivity index (χ3v) is 3.70. The van der Waals surface area contributed by atoms with E-state index in [1.54, 1.807) is 13.4 Å². The van der Waals surface area contributed by atoms with Gasteiger partial charge in [0.2, 0.25) is 0 Å². The lowest BCUT2D eigenvalue weighted by atomic mass is 10.2. The number of hydrogen-bond donors (Lipinski definition) is 1. The minimum absolute atomic E-state index is 0.255. The molecule has 5 heteroatoms. The van der Waals surface area contributed by atoms with Crippen LogP contribution in [0, 0.1) is 0 Å². The molecule has 1 heterocycles. The summed E-state index contributed by atoms with van der Waals surface area (Å²) in [5, 5.41) is 10.2. The van der Waals surface area contributed by atoms with Gasteiger partial charge in [0.25, 0.3) is 0 Å². The number of benzene rings is 2. The first-order chi connectivity index (χ1) is 11.3. The second kappa shape index (κ2) is 7.26. The van der Waals surface area contributed by atoms with E-state index < -0.39 is 6.10 Å². The summed E-state index contributed by atoms with van der Waals surface area (Å²) in [4.78, 5) is 4.32. The second-order valence-corrected chi connectivity index (χ2v) is 5.37. The molecule has 23 heavy (non-hydrogen) atoms. The average Bonchev–Trinajstić information content (AvgIpc) is 2.98. The first-order valence-corrected chi connectivity index (χ1v) is 7.55. The van der Waals surface area contributed by atoms with Crippen LogP contribution in [-0.4, -0.2) is 34.5 Å². The normalized spacial score (nSPS) is 12.4. The Morgan fingerprint density at radius 1 is 1.13 bits per heavy atom. The molecule has 1 atom stereocenters. The van der Waals surface area contributed by atoms with Crippen LogP contribution in [0.4, 0.5) is 0 Å². The van der Waals surface area contributed by atoms with Gasteiger partial charge in [-0.15, -0.1) is 0 Å². The average molecular weight is 312 g/mol. The third-order valence-electron chi connectivity index (χ3n) is 3.70. The summed E-state index contributed by atoms with van der Waals surface area (Å²) in [7, 11) is 1.64. The molecule has 0 aliphatic carbocycles. The van der Waals surface area contributed by atoms with E-state index in [9.17, 15) is 5.11 Å². The van der Waals surface area contributed by atoms with Crippen molar-refractivity contribution in [2.24, 2.45) is 0 Å². The van der Waals surface area contributed by atoms with Gasteiger partial charge in [-0.25, -0.2) is 4.98 Å². The van der Waals surface area contributed by atoms with Crippen molar-refractivity contribution in [2.45, 2.75) is 19.3 Å². The van der Waals surface area contributed by atoms with Gasteiger partial charge in [0, 0.05) is 5.56 Å². The van der Waals surface area contributed by atoms with E-state index >= 15 is 0 Å². The highest BCUT2D eigenvalue weighted by Gasteiger charge is 2.09. The van der Waals surface area contributed by atoms with Crippen molar-refractivity contribution in [2.75, 3.05) is 13.7 Å². The van der Waals surface area contributed by atoms with Crippen LogP contribution in [0.5, 0.6) is 5.75 Å². The molecule has 1 N–H and O–H groups in total. The van der Waals surface area contributed by atoms with Crippen LogP contribution in [0.15, 0.2) is 54.9 Å². The molecule has 0 unspecified atom stereocenters. The summed E-state index contributed by atoms with van der Waals surface area (Å²) in [5.41, 5.74) is 2.90. The molecule has 0 saturated carbocycles. The minimum atomic E-state index is -0.595. The molecule has 5 nitrogen and oxygen atoms in total. The highest BCUT2D eigenvalue weighted by Crippen LogP contribution is 2.18. The summed E-state index contributed by atoms with van der Waals surface area (Å²) in [6.07, 6.45) is 1.15. The van der Waals surface area contributed by atoms with E-state index in [1.165, 1.54) is 0 Å². The number of methoxy groups -OCH3 is 1. The summed E-state index contributed by atoms with van der Waals surface area (Å²) in [6, 6.07) is 15.6. The number of imidazole rings is 1. The molecule has 0 spiro atoms. The van der Waals surface area contributed by atoms with Crippen LogP contribution < -0.4 is 4.74 Å². The zero-order valence-corrected chi connectivity index (χ0v) is 13.1. The first-order valence-electron chi connectivity index (χ1n) is 7.55. The molecular weight excluding hydrogens is 292 g/mol. The predicted octanol–water partition coefficient (Wildman–Crippen LogP) is 2.62. The highest BCUT2D eigenvalue weighted by molar-refractivity contribution is 5.74. The summed E-state index contributed by atoms with van der Waals surface area (Å²) < 4.78 is 12.8. The van der Waals surface area contributed by atoms with Crippen LogP contribution in [0.25, 0.3) is 11.0 Å². The lowest BCUT2D eigenvalue weighted by molar-refractivity contribution is 0.0203. The monoisotopic (exact) mass is 312 g/mol. The Labute approximate surface area is 135 Å². The molecule has 0 aliphatic rings. The van der Waals surface area contributed by atoms with E-state index in [2.05, 4.69) is 4.98 Å². The van der Waals surface area contributed by atoms with Gasteiger partial charge in [-0.2, -0.15) is 0 Å². The van der Waals surface area contributed by atoms with Crippen LogP contribution in [0.1, 0.15) is 5.56 Å². The Morgan fingerprint density at radius 3 is 2.78 bits per heavy atom. The number of hydrogen-bond acceptors (Lipinski definition) is 4. The van der Waals surface area contributed by atoms with Crippen molar-refractivity contribution in [1.82, 2.24) is 9.55 Å². The smallest absolute Gasteiger partial charge is 0.124 e. The SMILES string of the molecule is COc1ccccc1COC[C@H](O)Cn1cnc2ccccc21. The van der Waals surface area contributed by atoms with E-state index in [1.807, 2.05) is 53.1 Å². The van der Waals surface area contributed by atoms with Crippen LogP contribution in [0.2, 0.25) is 0 Å². The van der Waals surface area contributed by atoms with Crippen molar-refractivity contribution < 1.29 is 14.6 Å². The fourth-order valence-electron chi connectivity index (χ4n) is 2.56. The Kier molecular flexibility index (Phi) is 4.90. The quantitative estimate of drug-likeness (QED) is 0.728. The lowest BCUT2D eigenvalue weighted by Gasteiger charge is -2.14. The fraction of sp³-hybridized carbons (Fsp3) is 0.278. The summed E-state index contributed by atoms with van der Waals surface area (Å²) in [6.45, 7) is 1.11. The molecular formula is C18H20N2O3. The number of para-hydroxylation sites is 3. The van der Waals surface area contributed by atoms with Crippen molar-refractivity contribution in [3.05, 3.63) is 60.4 Å². The number of rotatable bonds is 7. The van der Waals surface area contributed by atoms with Crippen LogP contribution in [-0.2, 0) is 17.9 Å². The van der Waals surface area contributed by atoms with Gasteiger partial charge in [-0.1, -0.05) is 30.3 Å². The molecule has 1 aromatic heterocycles. The van der Waals surface area contributed by atoms with E-state index in [4.69, 9.17) is 9.47 Å². The van der Waals surface area contributed by atoms with Crippen molar-refractivity contribution >= 4 is 11.0 Å². The Balaban J connectivity index is 1.54. The molecule has 0 bridgehead atoms. The lowest BCUT2D eigenvalue weighted by Crippen LogP contribution is -2.21. The molecule has 2 aromatic carbocycles. The third kappa shape index (κ3) is 3.70. The van der Waals surface area contributed by atoms with Crippen molar-refractivity contribution in [3.8, 4) is 5.75 Å². The zero-order chi connectivity index (χ0) is 16.1. The minimum Gasteiger partial charge on any atom is -0.496 e. The van der Waals surface area contributed by atoms with Crippen molar-refractivity contribution in [1.29, 1.82) is 0 Å². The Bertz CT molecular complexity index is 770. The number of aliphatic hydroxyl groups excluding tert-OH is 1. The van der Waals surface area contributed by atoms with E-state index in [0.717, 1.165) is 22.3 Å². The largest absolute Gasteiger partial charge is 0.496 e. The van der Waals surface area contributed by atoms with Gasteiger partial charge in [-0.3, -0.25) is 0 Å². The second-order valence-electron chi connectivity index (χ2n) is 5.37. The maximum absolute atomic E-state index is 10.2. The van der Waals surface area contributed by atoms with Gasteiger partial charge in [0.05, 0.1) is 50.3 Å². The Hall–Kier alpha value is -2.37. The molecule has 120 valence electrons. The van der Waals surface area contributed by atoms with Gasteiger partial charge in [-0.05, 0) is 18.2 Å². The summed E-state index contributed by atoms with van der Waals surface area (Å²) in [5.74, 6) is 0.794. The van der Waals surface area contributed by atoms with Crippen LogP contribution >= 0.6 is 0 Å². The van der Waals surface area contributed by atoms with E-state index in [-0.39, 0.29) is 6.61 Å². The standard InChI is InChI=1S/C18H20N2O3/c1-22-18-9-5-2-6-14(18)11-23-12-15(21)10-20-13-19-16-7-3-4-8-17(16)20/h2-9,13,15,21H,10-12H2,1H3/t15-/m1/s1. The molecule has 3 aromatic rings. The molecule has 0 fully saturated rings. The van der Waals surface area contributed by atoms with Crippen molar-refractivity contribution in [3.63, 3.8) is 0 Å².